The smallest absolute Gasteiger partial charge is 0.0160 e. The first-order valence-electron chi connectivity index (χ1n) is 16.3. The third-order valence-corrected chi connectivity index (χ3v) is 8.83. The van der Waals surface area contributed by atoms with Crippen LogP contribution in [0.4, 0.5) is 0 Å². The molecule has 1 radical (unpaired) electrons. The van der Waals surface area contributed by atoms with Crippen molar-refractivity contribution in [1.29, 1.82) is 0 Å². The first kappa shape index (κ1) is 31.9. The van der Waals surface area contributed by atoms with Gasteiger partial charge in [-0.2, -0.15) is 0 Å². The Balaban J connectivity index is 0.00000378. The van der Waals surface area contributed by atoms with E-state index in [-0.39, 0.29) is 20.1 Å². The van der Waals surface area contributed by atoms with Crippen molar-refractivity contribution in [3.63, 3.8) is 0 Å². The van der Waals surface area contributed by atoms with Gasteiger partial charge in [0, 0.05) is 26.3 Å². The van der Waals surface area contributed by atoms with Crippen LogP contribution in [0.25, 0.3) is 78.0 Å². The minimum Gasteiger partial charge on any atom is -0.305 e. The average Bonchev–Trinajstić information content (AvgIpc) is 3.19. The van der Waals surface area contributed by atoms with E-state index in [0.29, 0.717) is 0 Å². The summed E-state index contributed by atoms with van der Waals surface area (Å²) in [7, 11) is 0. The van der Waals surface area contributed by atoms with Crippen LogP contribution in [0.1, 0.15) is 0 Å². The molecule has 0 aliphatic carbocycles. The molecular formula is C47H32IrN-. The van der Waals surface area contributed by atoms with Gasteiger partial charge in [0.2, 0.25) is 0 Å². The molecule has 0 atom stereocenters. The first-order chi connectivity index (χ1) is 23.8. The molecule has 0 saturated heterocycles. The molecule has 1 nitrogen and oxygen atoms in total. The molecule has 0 aliphatic rings. The van der Waals surface area contributed by atoms with E-state index in [1.54, 1.807) is 0 Å². The molecule has 49 heavy (non-hydrogen) atoms. The molecule has 0 spiro atoms. The zero-order valence-electron chi connectivity index (χ0n) is 26.8. The standard InChI is InChI=1S/C47H32N.Ir/c1-2-12-34(13-3-1)35-14-6-15-36(28-35)37-16-7-17-38(29-37)39-18-8-19-40(30-39)41-20-9-21-42(31-41)43-22-10-23-44(32-43)45-24-11-25-46(33-45)47-26-4-5-27-48-47;/h1-24,26-33H;/q-1;. The van der Waals surface area contributed by atoms with E-state index in [9.17, 15) is 0 Å². The van der Waals surface area contributed by atoms with Crippen LogP contribution in [-0.2, 0) is 20.1 Å². The van der Waals surface area contributed by atoms with Gasteiger partial charge < -0.3 is 4.98 Å². The maximum atomic E-state index is 4.51. The van der Waals surface area contributed by atoms with Crippen molar-refractivity contribution in [1.82, 2.24) is 4.98 Å². The summed E-state index contributed by atoms with van der Waals surface area (Å²) in [5.41, 5.74) is 16.3. The maximum absolute atomic E-state index is 4.51. The molecule has 0 fully saturated rings. The van der Waals surface area contributed by atoms with Gasteiger partial charge in [0.05, 0.1) is 0 Å². The van der Waals surface area contributed by atoms with Crippen LogP contribution in [0.3, 0.4) is 0 Å². The molecule has 1 heterocycles. The van der Waals surface area contributed by atoms with Gasteiger partial charge in [0.25, 0.3) is 0 Å². The molecule has 8 rings (SSSR count). The van der Waals surface area contributed by atoms with Gasteiger partial charge in [0.15, 0.2) is 0 Å². The Morgan fingerprint density at radius 1 is 0.306 bits per heavy atom. The molecule has 0 bridgehead atoms. The van der Waals surface area contributed by atoms with Crippen molar-refractivity contribution in [3.8, 4) is 78.0 Å². The van der Waals surface area contributed by atoms with Gasteiger partial charge in [-0.15, -0.1) is 35.4 Å². The molecule has 0 amide bonds. The Hall–Kier alpha value is -5.66. The molecule has 8 aromatic rings. The van der Waals surface area contributed by atoms with E-state index in [1.165, 1.54) is 61.2 Å². The van der Waals surface area contributed by atoms with Crippen molar-refractivity contribution in [2.75, 3.05) is 0 Å². The SMILES string of the molecule is [Ir].[c-]1ccc(-c2cccc(-c3cccc(-c4cccc(-c5cccc(-c6cccc(-c7ccccc7)c6)c5)c4)c3)c2)cc1-c1ccccn1. The van der Waals surface area contributed by atoms with Crippen LogP contribution in [0.5, 0.6) is 0 Å². The molecule has 0 aliphatic heterocycles. The number of aromatic nitrogens is 1. The minimum absolute atomic E-state index is 0. The Kier molecular flexibility index (Phi) is 9.52. The number of rotatable bonds is 7. The quantitative estimate of drug-likeness (QED) is 0.146. The Morgan fingerprint density at radius 3 is 1.04 bits per heavy atom. The Morgan fingerprint density at radius 2 is 0.653 bits per heavy atom. The third kappa shape index (κ3) is 7.12. The molecule has 7 aromatic carbocycles. The number of benzene rings is 7. The number of hydrogen-bond donors (Lipinski definition) is 0. The van der Waals surface area contributed by atoms with Crippen molar-refractivity contribution >= 4 is 0 Å². The van der Waals surface area contributed by atoms with Gasteiger partial charge in [-0.25, -0.2) is 0 Å². The summed E-state index contributed by atoms with van der Waals surface area (Å²) in [4.78, 5) is 4.51. The third-order valence-electron chi connectivity index (χ3n) is 8.83. The fourth-order valence-electron chi connectivity index (χ4n) is 6.34. The first-order valence-corrected chi connectivity index (χ1v) is 16.3. The van der Waals surface area contributed by atoms with Gasteiger partial charge in [-0.05, 0) is 103 Å². The van der Waals surface area contributed by atoms with E-state index in [0.717, 1.165) is 16.8 Å². The monoisotopic (exact) mass is 803 g/mol. The Labute approximate surface area is 302 Å². The van der Waals surface area contributed by atoms with Crippen LogP contribution in [0.2, 0.25) is 0 Å². The van der Waals surface area contributed by atoms with Gasteiger partial charge in [-0.3, -0.25) is 0 Å². The zero-order valence-corrected chi connectivity index (χ0v) is 29.2. The second-order valence-corrected chi connectivity index (χ2v) is 12.0. The summed E-state index contributed by atoms with van der Waals surface area (Å²) >= 11 is 0. The van der Waals surface area contributed by atoms with Crippen LogP contribution >= 0.6 is 0 Å². The second kappa shape index (κ2) is 14.6. The molecular weight excluding hydrogens is 771 g/mol. The van der Waals surface area contributed by atoms with Crippen molar-refractivity contribution in [3.05, 3.63) is 200 Å². The number of pyridine rings is 1. The summed E-state index contributed by atoms with van der Waals surface area (Å²) in [6.45, 7) is 0. The molecule has 2 heteroatoms. The topological polar surface area (TPSA) is 12.9 Å². The summed E-state index contributed by atoms with van der Waals surface area (Å²) in [5.74, 6) is 0. The fraction of sp³-hybridized carbons (Fsp3) is 0. The van der Waals surface area contributed by atoms with E-state index in [4.69, 9.17) is 0 Å². The summed E-state index contributed by atoms with van der Waals surface area (Å²) in [6.07, 6.45) is 1.82. The van der Waals surface area contributed by atoms with Gasteiger partial charge in [-0.1, -0.05) is 133 Å². The van der Waals surface area contributed by atoms with Gasteiger partial charge >= 0.3 is 0 Å². The molecule has 1 aromatic heterocycles. The van der Waals surface area contributed by atoms with Crippen molar-refractivity contribution in [2.45, 2.75) is 0 Å². The zero-order chi connectivity index (χ0) is 32.1. The number of nitrogens with zero attached hydrogens (tertiary/aromatic N) is 1. The van der Waals surface area contributed by atoms with Crippen molar-refractivity contribution in [2.24, 2.45) is 0 Å². The largest absolute Gasteiger partial charge is 0.305 e. The van der Waals surface area contributed by atoms with Gasteiger partial charge in [0.1, 0.15) is 0 Å². The van der Waals surface area contributed by atoms with Crippen LogP contribution in [0, 0.1) is 6.07 Å². The second-order valence-electron chi connectivity index (χ2n) is 12.0. The van der Waals surface area contributed by atoms with Crippen molar-refractivity contribution < 1.29 is 20.1 Å². The van der Waals surface area contributed by atoms with Crippen LogP contribution in [0.15, 0.2) is 194 Å². The summed E-state index contributed by atoms with van der Waals surface area (Å²) in [6, 6.07) is 70.2. The minimum atomic E-state index is 0. The predicted molar refractivity (Wildman–Crippen MR) is 201 cm³/mol. The van der Waals surface area contributed by atoms with Crippen LogP contribution < -0.4 is 0 Å². The number of hydrogen-bond acceptors (Lipinski definition) is 1. The predicted octanol–water partition coefficient (Wildman–Crippen LogP) is 12.5. The van der Waals surface area contributed by atoms with Crippen LogP contribution in [-0.4, -0.2) is 4.98 Å². The average molecular weight is 803 g/mol. The van der Waals surface area contributed by atoms with E-state index >= 15 is 0 Å². The van der Waals surface area contributed by atoms with E-state index < -0.39 is 0 Å². The Bertz CT molecular complexity index is 2180. The fourth-order valence-corrected chi connectivity index (χ4v) is 6.34. The maximum Gasteiger partial charge on any atom is 0.0160 e. The van der Waals surface area contributed by atoms with E-state index in [1.807, 2.05) is 30.5 Å². The molecule has 235 valence electrons. The summed E-state index contributed by atoms with van der Waals surface area (Å²) in [5, 5.41) is 0. The normalized spacial score (nSPS) is 10.7. The molecule has 0 N–H and O–H groups in total. The van der Waals surface area contributed by atoms with E-state index in [2.05, 4.69) is 175 Å². The molecule has 0 saturated carbocycles. The molecule has 0 unspecified atom stereocenters. The summed E-state index contributed by atoms with van der Waals surface area (Å²) < 4.78 is 0.